The molecule has 3 nitrogen and oxygen atoms in total. The van der Waals surface area contributed by atoms with Crippen molar-refractivity contribution >= 4 is 0 Å². The molecule has 1 aromatic rings. The Morgan fingerprint density at radius 2 is 1.29 bits per heavy atom. The molecule has 0 amide bonds. The third-order valence-electron chi connectivity index (χ3n) is 7.29. The van der Waals surface area contributed by atoms with E-state index in [1.165, 1.54) is 83.5 Å². The zero-order chi connectivity index (χ0) is 21.7. The second-order valence-electron chi connectivity index (χ2n) is 9.95. The number of rotatable bonds is 13. The highest BCUT2D eigenvalue weighted by Gasteiger charge is 2.23. The molecule has 1 heterocycles. The van der Waals surface area contributed by atoms with E-state index < -0.39 is 0 Å². The zero-order valence-electron chi connectivity index (χ0n) is 20.2. The Hall–Kier alpha value is -1.06. The minimum absolute atomic E-state index is 0.218. The van der Waals surface area contributed by atoms with Gasteiger partial charge >= 0.3 is 0 Å². The molecule has 1 aromatic carbocycles. The van der Waals surface area contributed by atoms with Gasteiger partial charge in [0.25, 0.3) is 0 Å². The van der Waals surface area contributed by atoms with Crippen LogP contribution in [-0.4, -0.2) is 19.8 Å². The summed E-state index contributed by atoms with van der Waals surface area (Å²) in [6, 6.07) is 8.30. The fourth-order valence-corrected chi connectivity index (χ4v) is 5.17. The molecular weight excluding hydrogens is 384 g/mol. The molecule has 1 aliphatic heterocycles. The first kappa shape index (κ1) is 24.6. The van der Waals surface area contributed by atoms with Gasteiger partial charge in [0.05, 0.1) is 19.8 Å². The number of hydrogen-bond acceptors (Lipinski definition) is 3. The van der Waals surface area contributed by atoms with Crippen LogP contribution in [0.1, 0.15) is 109 Å². The average Bonchev–Trinajstić information content (AvgIpc) is 2.82. The lowest BCUT2D eigenvalue weighted by molar-refractivity contribution is -0.206. The van der Waals surface area contributed by atoms with Crippen LogP contribution in [0.25, 0.3) is 0 Å². The first-order valence-corrected chi connectivity index (χ1v) is 13.2. The fraction of sp³-hybridized carbons (Fsp3) is 0.786. The second kappa shape index (κ2) is 14.2. The topological polar surface area (TPSA) is 27.7 Å². The van der Waals surface area contributed by atoms with Gasteiger partial charge in [0, 0.05) is 11.5 Å². The number of unbranched alkanes of at least 4 members (excludes halogenated alkanes) is 3. The van der Waals surface area contributed by atoms with E-state index in [9.17, 15) is 0 Å². The molecule has 1 aliphatic carbocycles. The van der Waals surface area contributed by atoms with E-state index in [2.05, 4.69) is 38.1 Å². The monoisotopic (exact) mass is 430 g/mol. The zero-order valence-corrected chi connectivity index (χ0v) is 20.2. The van der Waals surface area contributed by atoms with Crippen molar-refractivity contribution in [3.8, 4) is 5.75 Å². The molecule has 0 spiro atoms. The van der Waals surface area contributed by atoms with E-state index >= 15 is 0 Å². The van der Waals surface area contributed by atoms with Crippen molar-refractivity contribution < 1.29 is 14.2 Å². The Morgan fingerprint density at radius 1 is 0.710 bits per heavy atom. The Bertz CT molecular complexity index is 568. The van der Waals surface area contributed by atoms with Crippen LogP contribution in [-0.2, 0) is 9.47 Å². The molecule has 0 unspecified atom stereocenters. The summed E-state index contributed by atoms with van der Waals surface area (Å²) in [5.41, 5.74) is 1.09. The highest BCUT2D eigenvalue weighted by Crippen LogP contribution is 2.34. The molecule has 2 aliphatic rings. The molecular formula is C28H46O3. The molecule has 31 heavy (non-hydrogen) atoms. The molecule has 0 atom stereocenters. The van der Waals surface area contributed by atoms with Crippen molar-refractivity contribution in [3.63, 3.8) is 0 Å². The van der Waals surface area contributed by atoms with Gasteiger partial charge in [-0.3, -0.25) is 0 Å². The minimum atomic E-state index is -0.218. The summed E-state index contributed by atoms with van der Waals surface area (Å²) in [7, 11) is 0. The van der Waals surface area contributed by atoms with Gasteiger partial charge in [-0.1, -0.05) is 90.2 Å². The Kier molecular flexibility index (Phi) is 11.2. The van der Waals surface area contributed by atoms with Crippen LogP contribution in [0.5, 0.6) is 5.75 Å². The molecule has 0 radical (unpaired) electrons. The standard InChI is InChI=1S/C28H46O3/c1-3-5-7-10-23-12-14-24(15-13-23)11-8-20-29-27-18-16-26(17-19-27)28-30-21-25(22-31-28)9-6-4-2/h16-19,23-25,28H,3-15,20-22H2,1-2H3. The lowest BCUT2D eigenvalue weighted by atomic mass is 9.78. The van der Waals surface area contributed by atoms with Crippen LogP contribution in [0.4, 0.5) is 0 Å². The van der Waals surface area contributed by atoms with E-state index in [0.717, 1.165) is 43.0 Å². The van der Waals surface area contributed by atoms with Gasteiger partial charge in [0.15, 0.2) is 6.29 Å². The Morgan fingerprint density at radius 3 is 1.90 bits per heavy atom. The normalized spacial score (nSPS) is 26.6. The molecule has 1 saturated heterocycles. The van der Waals surface area contributed by atoms with Gasteiger partial charge in [-0.15, -0.1) is 0 Å². The molecule has 2 fully saturated rings. The van der Waals surface area contributed by atoms with Crippen LogP contribution in [0.3, 0.4) is 0 Å². The predicted octanol–water partition coefficient (Wildman–Crippen LogP) is 8.08. The van der Waals surface area contributed by atoms with E-state index in [1.54, 1.807) is 0 Å². The quantitative estimate of drug-likeness (QED) is 0.296. The van der Waals surface area contributed by atoms with E-state index in [0.29, 0.717) is 5.92 Å². The summed E-state index contributed by atoms with van der Waals surface area (Å²) < 4.78 is 17.9. The van der Waals surface area contributed by atoms with Crippen molar-refractivity contribution in [2.24, 2.45) is 17.8 Å². The van der Waals surface area contributed by atoms with Crippen LogP contribution >= 0.6 is 0 Å². The van der Waals surface area contributed by atoms with Crippen molar-refractivity contribution in [1.29, 1.82) is 0 Å². The lowest BCUT2D eigenvalue weighted by Gasteiger charge is -2.29. The van der Waals surface area contributed by atoms with Crippen LogP contribution < -0.4 is 4.74 Å². The molecule has 176 valence electrons. The van der Waals surface area contributed by atoms with Gasteiger partial charge in [0.2, 0.25) is 0 Å². The predicted molar refractivity (Wildman–Crippen MR) is 128 cm³/mol. The summed E-state index contributed by atoms with van der Waals surface area (Å²) in [5.74, 6) is 3.45. The van der Waals surface area contributed by atoms with Crippen LogP contribution in [0.15, 0.2) is 24.3 Å². The fourth-order valence-electron chi connectivity index (χ4n) is 5.17. The number of benzene rings is 1. The molecule has 0 aromatic heterocycles. The van der Waals surface area contributed by atoms with E-state index in [-0.39, 0.29) is 6.29 Å². The maximum Gasteiger partial charge on any atom is 0.183 e. The SMILES string of the molecule is CCCCCC1CCC(CCCOc2ccc(C3OCC(CCCC)CO3)cc2)CC1. The molecule has 0 bridgehead atoms. The summed E-state index contributed by atoms with van der Waals surface area (Å²) >= 11 is 0. The third kappa shape index (κ3) is 8.77. The Labute approximate surface area is 191 Å². The van der Waals surface area contributed by atoms with E-state index in [1.807, 2.05) is 0 Å². The second-order valence-corrected chi connectivity index (χ2v) is 9.95. The summed E-state index contributed by atoms with van der Waals surface area (Å²) in [5, 5.41) is 0. The molecule has 1 saturated carbocycles. The van der Waals surface area contributed by atoms with Crippen LogP contribution in [0, 0.1) is 17.8 Å². The smallest absolute Gasteiger partial charge is 0.183 e. The van der Waals surface area contributed by atoms with Crippen molar-refractivity contribution in [1.82, 2.24) is 0 Å². The van der Waals surface area contributed by atoms with Gasteiger partial charge in [-0.25, -0.2) is 0 Å². The number of hydrogen-bond donors (Lipinski definition) is 0. The first-order chi connectivity index (χ1) is 15.3. The van der Waals surface area contributed by atoms with Gasteiger partial charge in [0.1, 0.15) is 5.75 Å². The summed E-state index contributed by atoms with van der Waals surface area (Å²) in [4.78, 5) is 0. The maximum atomic E-state index is 6.01. The van der Waals surface area contributed by atoms with E-state index in [4.69, 9.17) is 14.2 Å². The summed E-state index contributed by atoms with van der Waals surface area (Å²) in [6.07, 6.45) is 17.4. The van der Waals surface area contributed by atoms with Crippen molar-refractivity contribution in [2.75, 3.05) is 19.8 Å². The first-order valence-electron chi connectivity index (χ1n) is 13.2. The molecule has 3 heteroatoms. The van der Waals surface area contributed by atoms with Crippen LogP contribution in [0.2, 0.25) is 0 Å². The highest BCUT2D eigenvalue weighted by atomic mass is 16.7. The molecule has 0 N–H and O–H groups in total. The average molecular weight is 431 g/mol. The summed E-state index contributed by atoms with van der Waals surface area (Å²) in [6.45, 7) is 6.98. The third-order valence-corrected chi connectivity index (χ3v) is 7.29. The van der Waals surface area contributed by atoms with Gasteiger partial charge in [-0.05, 0) is 43.2 Å². The van der Waals surface area contributed by atoms with Crippen molar-refractivity contribution in [2.45, 2.75) is 104 Å². The largest absolute Gasteiger partial charge is 0.494 e. The van der Waals surface area contributed by atoms with Crippen molar-refractivity contribution in [3.05, 3.63) is 29.8 Å². The minimum Gasteiger partial charge on any atom is -0.494 e. The molecule has 3 rings (SSSR count). The van der Waals surface area contributed by atoms with Gasteiger partial charge in [-0.2, -0.15) is 0 Å². The number of ether oxygens (including phenoxy) is 3. The lowest BCUT2D eigenvalue weighted by Crippen LogP contribution is -2.27. The Balaban J connectivity index is 1.27. The highest BCUT2D eigenvalue weighted by molar-refractivity contribution is 5.28. The maximum absolute atomic E-state index is 6.01. The van der Waals surface area contributed by atoms with Gasteiger partial charge < -0.3 is 14.2 Å².